The Labute approximate surface area is 545 Å². The van der Waals surface area contributed by atoms with Gasteiger partial charge in [0.2, 0.25) is 37.8 Å². The molecule has 4 fully saturated rings. The van der Waals surface area contributed by atoms with Crippen LogP contribution < -0.4 is 21.3 Å². The van der Waals surface area contributed by atoms with Crippen LogP contribution in [0.4, 0.5) is 0 Å². The Hall–Kier alpha value is -7.10. The van der Waals surface area contributed by atoms with Crippen molar-refractivity contribution in [2.24, 2.45) is 23.7 Å². The maximum atomic E-state index is 15.3. The average Bonchev–Trinajstić information content (AvgIpc) is 1.59. The number of carbonyl (C=O) groups is 6. The number of hydrogen-bond donors (Lipinski definition) is 4. The van der Waals surface area contributed by atoms with Crippen LogP contribution in [0.3, 0.4) is 0 Å². The van der Waals surface area contributed by atoms with Crippen molar-refractivity contribution in [1.29, 1.82) is 0 Å². The molecule has 92 heavy (non-hydrogen) atoms. The Balaban J connectivity index is 0.950. The van der Waals surface area contributed by atoms with Gasteiger partial charge in [-0.1, -0.05) is 149 Å². The summed E-state index contributed by atoms with van der Waals surface area (Å²) in [6, 6.07) is 38.0. The minimum absolute atomic E-state index is 0.0371. The zero-order valence-electron chi connectivity index (χ0n) is 53.9. The van der Waals surface area contributed by atoms with Gasteiger partial charge >= 0.3 is 0 Å². The van der Waals surface area contributed by atoms with E-state index in [1.807, 2.05) is 74.5 Å². The predicted octanol–water partition coefficient (Wildman–Crippen LogP) is 8.83. The van der Waals surface area contributed by atoms with Crippen LogP contribution in [-0.4, -0.2) is 153 Å². The zero-order valence-corrected chi connectivity index (χ0v) is 55.5. The van der Waals surface area contributed by atoms with Crippen molar-refractivity contribution in [3.63, 3.8) is 0 Å². The third-order valence-electron chi connectivity index (χ3n) is 19.7. The second kappa shape index (κ2) is 32.6. The molecule has 0 radical (unpaired) electrons. The van der Waals surface area contributed by atoms with Crippen LogP contribution in [0, 0.1) is 23.7 Å². The van der Waals surface area contributed by atoms with Crippen molar-refractivity contribution < 1.29 is 45.6 Å². The molecule has 2 heterocycles. The monoisotopic (exact) mass is 1290 g/mol. The number of Topliss-reactive ketones (excluding diaryl/α,β-unsaturated/α-hetero) is 1. The van der Waals surface area contributed by atoms with E-state index in [1.54, 1.807) is 109 Å². The van der Waals surface area contributed by atoms with E-state index in [9.17, 15) is 36.0 Å². The molecule has 9 rings (SSSR count). The van der Waals surface area contributed by atoms with E-state index in [0.29, 0.717) is 19.3 Å². The van der Waals surface area contributed by atoms with Crippen LogP contribution in [-0.2, 0) is 52.1 Å². The number of hydrogen-bond acceptors (Lipinski definition) is 11. The number of nitrogens with one attached hydrogen (secondary N) is 4. The second-order valence-corrected chi connectivity index (χ2v) is 29.8. The lowest BCUT2D eigenvalue weighted by Crippen LogP contribution is -2.56. The highest BCUT2D eigenvalue weighted by Gasteiger charge is 2.46. The molecule has 4 N–H and O–H groups in total. The van der Waals surface area contributed by atoms with Crippen LogP contribution in [0.15, 0.2) is 155 Å². The number of likely N-dealkylation sites (tertiary alicyclic amines) is 2. The molecular weight excluding hydrogens is 1200 g/mol. The average molecular weight is 1300 g/mol. The number of ketones is 1. The molecule has 2 saturated carbocycles. The molecule has 2 aliphatic heterocycles. The topological polar surface area (TPSA) is 232 Å². The number of amides is 5. The molecule has 2 saturated heterocycles. The summed E-state index contributed by atoms with van der Waals surface area (Å²) < 4.78 is 61.5. The lowest BCUT2D eigenvalue weighted by Gasteiger charge is -2.36. The smallest absolute Gasteiger partial charge is 0.251 e. The van der Waals surface area contributed by atoms with Gasteiger partial charge in [-0.25, -0.2) is 16.8 Å². The first kappa shape index (κ1) is 69.2. The molecular formula is C72H94N8O10S2. The van der Waals surface area contributed by atoms with Gasteiger partial charge < -0.3 is 31.1 Å². The van der Waals surface area contributed by atoms with E-state index >= 15 is 9.59 Å². The van der Waals surface area contributed by atoms with Crippen molar-refractivity contribution >= 4 is 55.4 Å². The van der Waals surface area contributed by atoms with E-state index in [1.165, 1.54) is 8.61 Å². The first-order chi connectivity index (χ1) is 44.3. The summed E-state index contributed by atoms with van der Waals surface area (Å²) >= 11 is 0. The lowest BCUT2D eigenvalue weighted by atomic mass is 9.76. The van der Waals surface area contributed by atoms with E-state index in [0.717, 1.165) is 75.3 Å². The molecule has 0 unspecified atom stereocenters. The summed E-state index contributed by atoms with van der Waals surface area (Å²) in [5.74, 6) is -2.87. The molecule has 0 spiro atoms. The molecule has 5 amide bonds. The fourth-order valence-electron chi connectivity index (χ4n) is 13.9. The number of likely N-dealkylation sites (N-methyl/N-ethyl adjacent to an activating group) is 1. The lowest BCUT2D eigenvalue weighted by molar-refractivity contribution is -0.141. The summed E-state index contributed by atoms with van der Waals surface area (Å²) in [6.07, 6.45) is 10.8. The van der Waals surface area contributed by atoms with E-state index < -0.39 is 74.0 Å². The van der Waals surface area contributed by atoms with E-state index in [4.69, 9.17) is 0 Å². The second-order valence-electron chi connectivity index (χ2n) is 25.9. The van der Waals surface area contributed by atoms with Crippen molar-refractivity contribution in [1.82, 2.24) is 39.7 Å². The Kier molecular flexibility index (Phi) is 24.6. The maximum absolute atomic E-state index is 15.3. The Morgan fingerprint density at radius 2 is 0.935 bits per heavy atom. The zero-order chi connectivity index (χ0) is 65.4. The first-order valence-corrected chi connectivity index (χ1v) is 36.2. The van der Waals surface area contributed by atoms with Gasteiger partial charge in [-0.2, -0.15) is 8.61 Å². The fraction of sp³-hybridized carbons (Fsp3) is 0.500. The molecule has 20 heteroatoms. The summed E-state index contributed by atoms with van der Waals surface area (Å²) in [5.41, 5.74) is 2.37. The quantitative estimate of drug-likeness (QED) is 0.0353. The fourth-order valence-corrected chi connectivity index (χ4v) is 16.9. The van der Waals surface area contributed by atoms with Crippen molar-refractivity contribution in [2.45, 2.75) is 170 Å². The molecule has 4 aliphatic rings. The van der Waals surface area contributed by atoms with Gasteiger partial charge in [-0.3, -0.25) is 28.8 Å². The molecule has 18 nitrogen and oxygen atoms in total. The molecule has 0 bridgehead atoms. The molecule has 5 aromatic rings. The van der Waals surface area contributed by atoms with Gasteiger partial charge in [0, 0.05) is 92.8 Å². The summed E-state index contributed by atoms with van der Waals surface area (Å²) in [5, 5.41) is 12.5. The number of carbonyl (C=O) groups excluding carboxylic acids is 6. The van der Waals surface area contributed by atoms with Gasteiger partial charge in [-0.15, -0.1) is 0 Å². The minimum Gasteiger partial charge on any atom is -0.347 e. The Morgan fingerprint density at radius 1 is 0.533 bits per heavy atom. The predicted molar refractivity (Wildman–Crippen MR) is 356 cm³/mol. The van der Waals surface area contributed by atoms with Crippen molar-refractivity contribution in [2.75, 3.05) is 46.3 Å². The van der Waals surface area contributed by atoms with Crippen LogP contribution in [0.1, 0.15) is 143 Å². The van der Waals surface area contributed by atoms with Crippen molar-refractivity contribution in [3.05, 3.63) is 168 Å². The highest BCUT2D eigenvalue weighted by molar-refractivity contribution is 7.89. The Bertz CT molecular complexity index is 3250. The summed E-state index contributed by atoms with van der Waals surface area (Å²) in [4.78, 5) is 90.5. The van der Waals surface area contributed by atoms with Crippen LogP contribution >= 0.6 is 0 Å². The van der Waals surface area contributed by atoms with E-state index in [2.05, 4.69) is 21.3 Å². The van der Waals surface area contributed by atoms with Gasteiger partial charge in [0.05, 0.1) is 15.8 Å². The normalized spacial score (nSPS) is 20.5. The SMILES string of the molecule is CC[C@@H](C)C(=O)N[C@H](C(=O)N1C[C@@H](NC(=O)c2ccc(C(=O)N[C@H]3C[C@@H](CN(CCc4ccccc4)S(=O)(=O)c4ccccc4)N(C(=O)[C@@H](CC(=O)[C@H](C)NC)C4CCCCC4)C3)cc2)C[C@H]1CN(CCc1ccccc1)S(=O)(=O)c1ccccc1)C1CCCCC1. The van der Waals surface area contributed by atoms with Crippen LogP contribution in [0.5, 0.6) is 0 Å². The molecule has 5 aromatic carbocycles. The Morgan fingerprint density at radius 3 is 1.35 bits per heavy atom. The molecule has 0 aromatic heterocycles. The van der Waals surface area contributed by atoms with Gasteiger partial charge in [0.15, 0.2) is 0 Å². The minimum atomic E-state index is -4.09. The van der Waals surface area contributed by atoms with Crippen molar-refractivity contribution in [3.8, 4) is 0 Å². The number of benzene rings is 5. The van der Waals surface area contributed by atoms with E-state index in [-0.39, 0.29) is 121 Å². The third-order valence-corrected chi connectivity index (χ3v) is 23.4. The number of nitrogens with zero attached hydrogens (tertiary/aromatic N) is 4. The highest BCUT2D eigenvalue weighted by Crippen LogP contribution is 2.37. The first-order valence-electron chi connectivity index (χ1n) is 33.4. The third kappa shape index (κ3) is 17.8. The maximum Gasteiger partial charge on any atom is 0.251 e. The standard InChI is InChI=1S/C72H94N8O10S2/c1-5-51(2)68(82)76-67(56-30-18-9-19-31-56)72(86)80-48-60(45-62(80)50-78(43-41-54-26-14-7-15-27-54)92(89,90)64-34-22-11-23-35-64)75-70(84)58-38-36-57(37-39-58)69(83)74-59-44-61(79(47-59)71(85)65(46-66(81)52(3)73-4)55-28-16-8-17-29-55)49-77(42-40-53-24-12-6-13-25-53)91(87,88)63-32-20-10-21-33-63/h6-7,10-15,20-27,32-39,51-52,55-56,59-62,65,67,73H,5,8-9,16-19,28-31,40-50H2,1-4H3,(H,74,83)(H,75,84)(H,76,82)/t51-,52+,59+,60+,61+,62+,65+,67+/m1/s1. The van der Waals surface area contributed by atoms with Gasteiger partial charge in [0.25, 0.3) is 11.8 Å². The molecule has 8 atom stereocenters. The number of rotatable bonds is 29. The highest BCUT2D eigenvalue weighted by atomic mass is 32.2. The molecule has 2 aliphatic carbocycles. The summed E-state index contributed by atoms with van der Waals surface area (Å²) in [6.45, 7) is 5.84. The van der Waals surface area contributed by atoms with Crippen LogP contribution in [0.25, 0.3) is 0 Å². The van der Waals surface area contributed by atoms with Crippen LogP contribution in [0.2, 0.25) is 0 Å². The molecule has 494 valence electrons. The number of sulfonamides is 2. The largest absolute Gasteiger partial charge is 0.347 e. The van der Waals surface area contributed by atoms with Gasteiger partial charge in [0.1, 0.15) is 11.8 Å². The summed E-state index contributed by atoms with van der Waals surface area (Å²) in [7, 11) is -6.46. The van der Waals surface area contributed by atoms with Gasteiger partial charge in [-0.05, 0) is 143 Å².